The van der Waals surface area contributed by atoms with Crippen molar-refractivity contribution in [2.75, 3.05) is 13.7 Å². The summed E-state index contributed by atoms with van der Waals surface area (Å²) in [4.78, 5) is 15.9. The molecule has 1 N–H and O–H groups in total. The molecule has 0 saturated heterocycles. The number of aromatic nitrogens is 4. The zero-order valence-corrected chi connectivity index (χ0v) is 20.4. The van der Waals surface area contributed by atoms with Crippen molar-refractivity contribution >= 4 is 5.97 Å². The molecule has 0 aliphatic heterocycles. The quantitative estimate of drug-likeness (QED) is 0.363. The fourth-order valence-electron chi connectivity index (χ4n) is 4.92. The largest absolute Gasteiger partial charge is 0.478 e. The first-order chi connectivity index (χ1) is 17.3. The van der Waals surface area contributed by atoms with Crippen LogP contribution in [0, 0.1) is 19.7 Å². The van der Waals surface area contributed by atoms with Gasteiger partial charge >= 0.3 is 5.97 Å². The third-order valence-electron chi connectivity index (χ3n) is 7.15. The summed E-state index contributed by atoms with van der Waals surface area (Å²) in [6.45, 7) is 4.58. The lowest BCUT2D eigenvalue weighted by Crippen LogP contribution is -2.39. The monoisotopic (exact) mass is 490 g/mol. The van der Waals surface area contributed by atoms with Crippen LogP contribution in [0.15, 0.2) is 47.0 Å². The Morgan fingerprint density at radius 3 is 2.69 bits per heavy atom. The van der Waals surface area contributed by atoms with Crippen molar-refractivity contribution < 1.29 is 23.6 Å². The SMILES string of the molecule is COCC1(c2ccc(-c3noc(-c4cc(C)n(Cc5cccc(C(=O)O)c5C)n4)n3)cc2F)CCC1. The Bertz CT molecular complexity index is 1440. The first kappa shape index (κ1) is 23.9. The van der Waals surface area contributed by atoms with E-state index in [9.17, 15) is 9.90 Å². The van der Waals surface area contributed by atoms with Crippen LogP contribution in [0.1, 0.15) is 52.0 Å². The third-order valence-corrected chi connectivity index (χ3v) is 7.15. The highest BCUT2D eigenvalue weighted by atomic mass is 19.1. The van der Waals surface area contributed by atoms with E-state index in [1.54, 1.807) is 36.9 Å². The van der Waals surface area contributed by atoms with E-state index in [0.717, 1.165) is 30.5 Å². The Kier molecular flexibility index (Phi) is 6.17. The zero-order valence-electron chi connectivity index (χ0n) is 20.4. The maximum absolute atomic E-state index is 15.1. The molecule has 0 amide bonds. The maximum Gasteiger partial charge on any atom is 0.335 e. The zero-order chi connectivity index (χ0) is 25.4. The maximum atomic E-state index is 15.1. The second-order valence-corrected chi connectivity index (χ2v) is 9.41. The Balaban J connectivity index is 1.38. The highest BCUT2D eigenvalue weighted by Gasteiger charge is 2.40. The van der Waals surface area contributed by atoms with Gasteiger partial charge in [-0.1, -0.05) is 35.8 Å². The van der Waals surface area contributed by atoms with Gasteiger partial charge in [-0.05, 0) is 61.6 Å². The molecule has 186 valence electrons. The lowest BCUT2D eigenvalue weighted by atomic mass is 9.65. The van der Waals surface area contributed by atoms with Crippen LogP contribution in [0.3, 0.4) is 0 Å². The summed E-state index contributed by atoms with van der Waals surface area (Å²) < 4.78 is 27.6. The number of halogens is 1. The molecule has 8 nitrogen and oxygen atoms in total. The number of nitrogens with zero attached hydrogens (tertiary/aromatic N) is 4. The molecule has 36 heavy (non-hydrogen) atoms. The van der Waals surface area contributed by atoms with Crippen molar-refractivity contribution in [1.82, 2.24) is 19.9 Å². The van der Waals surface area contributed by atoms with Crippen LogP contribution in [-0.4, -0.2) is 44.7 Å². The van der Waals surface area contributed by atoms with Crippen LogP contribution in [0.5, 0.6) is 0 Å². The van der Waals surface area contributed by atoms with Gasteiger partial charge < -0.3 is 14.4 Å². The van der Waals surface area contributed by atoms with E-state index in [-0.39, 0.29) is 28.5 Å². The molecule has 0 radical (unpaired) electrons. The van der Waals surface area contributed by atoms with Gasteiger partial charge in [-0.15, -0.1) is 0 Å². The Hall–Kier alpha value is -3.85. The van der Waals surface area contributed by atoms with Crippen molar-refractivity contribution in [3.05, 3.63) is 76.2 Å². The van der Waals surface area contributed by atoms with Gasteiger partial charge in [0.25, 0.3) is 5.89 Å². The van der Waals surface area contributed by atoms with Crippen LogP contribution < -0.4 is 0 Å². The third kappa shape index (κ3) is 4.19. The van der Waals surface area contributed by atoms with Crippen molar-refractivity contribution in [2.45, 2.75) is 45.1 Å². The van der Waals surface area contributed by atoms with Crippen LogP contribution in [-0.2, 0) is 16.7 Å². The average Bonchev–Trinajstić information content (AvgIpc) is 3.45. The minimum absolute atomic E-state index is 0.224. The normalized spacial score (nSPS) is 14.6. The molecule has 2 aromatic heterocycles. The molecule has 4 aromatic rings. The standard InChI is InChI=1S/C27H27FN4O4/c1-16-12-23(30-32(16)14-19-6-4-7-20(17(19)2)26(33)34)25-29-24(31-36-25)18-8-9-21(22(28)13-18)27(15-35-3)10-5-11-27/h4,6-9,12-13H,5,10-11,14-15H2,1-3H3,(H,33,34). The van der Waals surface area contributed by atoms with Gasteiger partial charge in [0.15, 0.2) is 5.69 Å². The second kappa shape index (κ2) is 9.31. The van der Waals surface area contributed by atoms with Gasteiger partial charge in [-0.25, -0.2) is 9.18 Å². The van der Waals surface area contributed by atoms with Gasteiger partial charge in [0, 0.05) is 23.8 Å². The number of hydrogen-bond donors (Lipinski definition) is 1. The molecule has 0 bridgehead atoms. The average molecular weight is 491 g/mol. The van der Waals surface area contributed by atoms with Gasteiger partial charge in [-0.2, -0.15) is 10.1 Å². The van der Waals surface area contributed by atoms with Crippen LogP contribution in [0.25, 0.3) is 23.0 Å². The number of ether oxygens (including phenoxy) is 1. The topological polar surface area (TPSA) is 103 Å². The number of benzene rings is 2. The number of rotatable bonds is 8. The molecule has 0 atom stereocenters. The van der Waals surface area contributed by atoms with Gasteiger partial charge in [-0.3, -0.25) is 4.68 Å². The van der Waals surface area contributed by atoms with E-state index >= 15 is 4.39 Å². The molecule has 5 rings (SSSR count). The molecule has 1 aliphatic carbocycles. The lowest BCUT2D eigenvalue weighted by Gasteiger charge is -2.42. The number of carboxylic acid groups (broad SMARTS) is 1. The highest BCUT2D eigenvalue weighted by molar-refractivity contribution is 5.89. The predicted molar refractivity (Wildman–Crippen MR) is 130 cm³/mol. The van der Waals surface area contributed by atoms with Crippen molar-refractivity contribution in [2.24, 2.45) is 0 Å². The van der Waals surface area contributed by atoms with E-state index in [2.05, 4.69) is 15.2 Å². The van der Waals surface area contributed by atoms with Crippen LogP contribution in [0.4, 0.5) is 4.39 Å². The Morgan fingerprint density at radius 1 is 1.22 bits per heavy atom. The predicted octanol–water partition coefficient (Wildman–Crippen LogP) is 5.17. The lowest BCUT2D eigenvalue weighted by molar-refractivity contribution is 0.0696. The molecular weight excluding hydrogens is 463 g/mol. The van der Waals surface area contributed by atoms with Crippen molar-refractivity contribution in [3.63, 3.8) is 0 Å². The fourth-order valence-corrected chi connectivity index (χ4v) is 4.92. The summed E-state index contributed by atoms with van der Waals surface area (Å²) in [7, 11) is 1.64. The highest BCUT2D eigenvalue weighted by Crippen LogP contribution is 2.45. The number of methoxy groups -OCH3 is 1. The summed E-state index contributed by atoms with van der Waals surface area (Å²) in [5.74, 6) is -0.754. The van der Waals surface area contributed by atoms with Crippen LogP contribution >= 0.6 is 0 Å². The van der Waals surface area contributed by atoms with Gasteiger partial charge in [0.05, 0.1) is 18.7 Å². The molecule has 9 heteroatoms. The van der Waals surface area contributed by atoms with Crippen LogP contribution in [0.2, 0.25) is 0 Å². The Morgan fingerprint density at radius 2 is 2.03 bits per heavy atom. The van der Waals surface area contributed by atoms with E-state index in [0.29, 0.717) is 35.5 Å². The van der Waals surface area contributed by atoms with E-state index in [1.807, 2.05) is 25.1 Å². The van der Waals surface area contributed by atoms with E-state index in [1.165, 1.54) is 6.07 Å². The number of carboxylic acids is 1. The number of carbonyl (C=O) groups is 1. The number of aryl methyl sites for hydroxylation is 1. The summed E-state index contributed by atoms with van der Waals surface area (Å²) in [6.07, 6.45) is 2.88. The smallest absolute Gasteiger partial charge is 0.335 e. The fraction of sp³-hybridized carbons (Fsp3) is 0.333. The van der Waals surface area contributed by atoms with Crippen molar-refractivity contribution in [1.29, 1.82) is 0 Å². The summed E-state index contributed by atoms with van der Waals surface area (Å²) in [6, 6.07) is 12.1. The summed E-state index contributed by atoms with van der Waals surface area (Å²) in [5, 5.41) is 18.0. The minimum Gasteiger partial charge on any atom is -0.478 e. The molecule has 2 heterocycles. The molecule has 1 aliphatic rings. The van der Waals surface area contributed by atoms with E-state index < -0.39 is 5.97 Å². The molecule has 1 fully saturated rings. The summed E-state index contributed by atoms with van der Waals surface area (Å²) >= 11 is 0. The molecule has 0 unspecified atom stereocenters. The molecule has 2 aromatic carbocycles. The first-order valence-electron chi connectivity index (χ1n) is 11.8. The molecular formula is C27H27FN4O4. The number of hydrogen-bond acceptors (Lipinski definition) is 6. The first-order valence-corrected chi connectivity index (χ1v) is 11.8. The minimum atomic E-state index is -0.961. The molecule has 0 spiro atoms. The van der Waals surface area contributed by atoms with Gasteiger partial charge in [0.1, 0.15) is 5.82 Å². The van der Waals surface area contributed by atoms with Crippen molar-refractivity contribution in [3.8, 4) is 23.0 Å². The summed E-state index contributed by atoms with van der Waals surface area (Å²) in [5.41, 5.74) is 4.09. The van der Waals surface area contributed by atoms with E-state index in [4.69, 9.17) is 9.26 Å². The molecule has 1 saturated carbocycles. The Labute approximate surface area is 207 Å². The second-order valence-electron chi connectivity index (χ2n) is 9.41. The van der Waals surface area contributed by atoms with Gasteiger partial charge in [0.2, 0.25) is 5.82 Å². The number of aromatic carboxylic acids is 1.